The van der Waals surface area contributed by atoms with Crippen LogP contribution in [-0.4, -0.2) is 58.3 Å². The van der Waals surface area contributed by atoms with Crippen molar-refractivity contribution in [2.75, 3.05) is 6.61 Å². The van der Waals surface area contributed by atoms with Gasteiger partial charge in [-0.3, -0.25) is 4.57 Å². The zero-order valence-electron chi connectivity index (χ0n) is 31.7. The fraction of sp³-hybridized carbons (Fsp3) is 0.439. The molecule has 51 heavy (non-hydrogen) atoms. The maximum Gasteiger partial charge on any atom is 0.166 e. The first-order valence-electron chi connectivity index (χ1n) is 18.6. The van der Waals surface area contributed by atoms with E-state index >= 15 is 0 Å². The quantitative estimate of drug-likeness (QED) is 0.0765. The highest BCUT2D eigenvalue weighted by molar-refractivity contribution is 6.94. The molecule has 4 atom stereocenters. The molecular formula is C41H49ClN4O4Si. The maximum atomic E-state index is 8.48. The number of ether oxygens (including phenoxy) is 4. The van der Waals surface area contributed by atoms with Crippen molar-refractivity contribution in [3.05, 3.63) is 119 Å². The molecule has 2 fully saturated rings. The predicted octanol–water partition coefficient (Wildman–Crippen LogP) is 8.79. The molecule has 3 aromatic carbocycles. The lowest BCUT2D eigenvalue weighted by atomic mass is 9.80. The molecule has 2 aromatic heterocycles. The van der Waals surface area contributed by atoms with Gasteiger partial charge in [0.15, 0.2) is 22.8 Å². The van der Waals surface area contributed by atoms with E-state index in [1.165, 1.54) is 0 Å². The van der Waals surface area contributed by atoms with Crippen LogP contribution in [0.25, 0.3) is 11.2 Å². The van der Waals surface area contributed by atoms with Gasteiger partial charge in [0.05, 0.1) is 12.1 Å². The highest BCUT2D eigenvalue weighted by Crippen LogP contribution is 2.48. The molecule has 0 aliphatic carbocycles. The van der Waals surface area contributed by atoms with Gasteiger partial charge in [0.2, 0.25) is 0 Å². The van der Waals surface area contributed by atoms with Crippen molar-refractivity contribution in [2.45, 2.75) is 108 Å². The molecule has 268 valence electrons. The summed E-state index contributed by atoms with van der Waals surface area (Å²) in [5, 5.41) is 0.158. The molecule has 2 aliphatic heterocycles. The van der Waals surface area contributed by atoms with Gasteiger partial charge in [0.25, 0.3) is 0 Å². The van der Waals surface area contributed by atoms with Crippen LogP contribution in [0.15, 0.2) is 97.3 Å². The minimum atomic E-state index is -2.46. The Morgan fingerprint density at radius 1 is 0.804 bits per heavy atom. The van der Waals surface area contributed by atoms with Gasteiger partial charge in [-0.25, -0.2) is 15.0 Å². The molecule has 0 radical (unpaired) electrons. The Hall–Kier alpha value is -3.44. The molecule has 0 amide bonds. The van der Waals surface area contributed by atoms with Crippen molar-refractivity contribution in [3.8, 4) is 0 Å². The summed E-state index contributed by atoms with van der Waals surface area (Å²) in [5.74, 6) is -0.878. The van der Waals surface area contributed by atoms with Gasteiger partial charge < -0.3 is 18.9 Å². The number of halogens is 1. The van der Waals surface area contributed by atoms with Crippen molar-refractivity contribution < 1.29 is 20.3 Å². The highest BCUT2D eigenvalue weighted by Gasteiger charge is 2.59. The van der Waals surface area contributed by atoms with Crippen LogP contribution in [0.3, 0.4) is 0 Å². The van der Waals surface area contributed by atoms with Gasteiger partial charge >= 0.3 is 0 Å². The van der Waals surface area contributed by atoms with E-state index in [2.05, 4.69) is 92.5 Å². The second-order valence-electron chi connectivity index (χ2n) is 15.2. The molecule has 0 spiro atoms. The topological polar surface area (TPSA) is 80.5 Å². The second kappa shape index (κ2) is 13.8. The molecule has 0 unspecified atom stereocenters. The van der Waals surface area contributed by atoms with E-state index in [9.17, 15) is 0 Å². The van der Waals surface area contributed by atoms with E-state index in [0.717, 1.165) is 22.1 Å². The largest absolute Gasteiger partial charge is 0.358 e. The zero-order chi connectivity index (χ0) is 37.0. The molecule has 0 bridgehead atoms. The van der Waals surface area contributed by atoms with Crippen molar-refractivity contribution in [1.82, 2.24) is 19.5 Å². The lowest BCUT2D eigenvalue weighted by Crippen LogP contribution is -2.60. The Morgan fingerprint density at radius 3 is 1.78 bits per heavy atom. The molecular weight excluding hydrogens is 676 g/mol. The van der Waals surface area contributed by atoms with Crippen molar-refractivity contribution >= 4 is 36.3 Å². The normalized spacial score (nSPS) is 22.3. The summed E-state index contributed by atoms with van der Waals surface area (Å²) in [6.45, 7) is 17.8. The summed E-state index contributed by atoms with van der Waals surface area (Å²) >= 11 is 6.75. The van der Waals surface area contributed by atoms with Crippen LogP contribution in [0.2, 0.25) is 21.8 Å². The van der Waals surface area contributed by atoms with Crippen LogP contribution in [0.5, 0.6) is 0 Å². The lowest BCUT2D eigenvalue weighted by Gasteiger charge is -2.43. The molecule has 0 N–H and O–H groups in total. The smallest absolute Gasteiger partial charge is 0.166 e. The number of aromatic nitrogens is 4. The Balaban J connectivity index is 1.38. The number of hydrogen-bond donors (Lipinski definition) is 0. The molecule has 2 saturated heterocycles. The van der Waals surface area contributed by atoms with Gasteiger partial charge in [0.1, 0.15) is 45.2 Å². The van der Waals surface area contributed by atoms with Crippen LogP contribution in [0.4, 0.5) is 0 Å². The Bertz CT molecular complexity index is 1890. The van der Waals surface area contributed by atoms with Crippen LogP contribution in [0.1, 0.15) is 79.7 Å². The summed E-state index contributed by atoms with van der Waals surface area (Å²) < 4.78 is 38.4. The molecule has 0 saturated carbocycles. The Kier molecular flexibility index (Phi) is 9.40. The Morgan fingerprint density at radius 2 is 1.29 bits per heavy atom. The fourth-order valence-corrected chi connectivity index (χ4v) is 15.8. The van der Waals surface area contributed by atoms with Crippen LogP contribution in [0, 0.1) is 0 Å². The van der Waals surface area contributed by atoms with Gasteiger partial charge in [-0.1, -0.05) is 144 Å². The van der Waals surface area contributed by atoms with Crippen LogP contribution in [-0.2, 0) is 24.5 Å². The predicted molar refractivity (Wildman–Crippen MR) is 204 cm³/mol. The third-order valence-electron chi connectivity index (χ3n) is 11.0. The van der Waals surface area contributed by atoms with E-state index < -0.39 is 44.0 Å². The number of fused-ring (bicyclic) bond motifs is 2. The molecule has 5 aromatic rings. The van der Waals surface area contributed by atoms with E-state index in [1.54, 1.807) is 0 Å². The van der Waals surface area contributed by atoms with Crippen molar-refractivity contribution in [3.63, 3.8) is 0 Å². The zero-order valence-corrected chi connectivity index (χ0v) is 32.5. The third-order valence-corrected chi connectivity index (χ3v) is 18.1. The summed E-state index contributed by atoms with van der Waals surface area (Å²) in [4.78, 5) is 14.1. The van der Waals surface area contributed by atoms with Gasteiger partial charge in [-0.2, -0.15) is 0 Å². The summed E-state index contributed by atoms with van der Waals surface area (Å²) in [6.07, 6.45) is -2.35. The van der Waals surface area contributed by atoms with Crippen molar-refractivity contribution in [1.29, 1.82) is 0 Å². The molecule has 2 aliphatic rings. The van der Waals surface area contributed by atoms with E-state index in [4.69, 9.17) is 36.9 Å². The van der Waals surface area contributed by atoms with Gasteiger partial charge in [-0.05, 0) is 47.2 Å². The van der Waals surface area contributed by atoms with Crippen molar-refractivity contribution in [2.24, 2.45) is 0 Å². The fourth-order valence-electron chi connectivity index (χ4n) is 9.14. The summed E-state index contributed by atoms with van der Waals surface area (Å²) in [5.41, 5.74) is 4.90. The average Bonchev–Trinajstić information content (AvgIpc) is 3.74. The first-order chi connectivity index (χ1) is 24.8. The number of nitrogens with zero attached hydrogens (tertiary/aromatic N) is 4. The minimum Gasteiger partial charge on any atom is -0.358 e. The molecule has 7 rings (SSSR count). The first-order valence-corrected chi connectivity index (χ1v) is 20.7. The molecule has 4 heterocycles. The average molecular weight is 726 g/mol. The van der Waals surface area contributed by atoms with Gasteiger partial charge in [0, 0.05) is 0 Å². The summed E-state index contributed by atoms with van der Waals surface area (Å²) in [7, 11) is -2.46. The van der Waals surface area contributed by atoms with Gasteiger partial charge in [-0.15, -0.1) is 0 Å². The maximum absolute atomic E-state index is 8.48. The number of rotatable bonds is 11. The van der Waals surface area contributed by atoms with Crippen LogP contribution < -0.4 is 5.45 Å². The molecule has 8 nitrogen and oxygen atoms in total. The second-order valence-corrected chi connectivity index (χ2v) is 21.3. The van der Waals surface area contributed by atoms with E-state index in [-0.39, 0.29) is 18.1 Å². The first kappa shape index (κ1) is 34.6. The highest BCUT2D eigenvalue weighted by atomic mass is 35.5. The number of imidazole rings is 1. The number of hydrogen-bond acceptors (Lipinski definition) is 7. The standard InChI is InChI=1S/C41H49ClN4O4Si/c1-26(2)51(27(3)4,28(5)6)39-45-33-36(42)43-25-44-37(33)46(39)38-35-34(49-40(7,8)50-35)32(48-38)24-47-41(29-18-12-9-13-19-29,30-20-14-10-15-21-30)31-22-16-11-17-23-31/h9-23,25-28,32,34-35,38H,24H2,1-8H3/t32-,34-,35-,38-/m1/s1/i25D. The van der Waals surface area contributed by atoms with Crippen LogP contribution >= 0.6 is 11.6 Å². The minimum absolute atomic E-state index is 0.158. The number of benzene rings is 3. The summed E-state index contributed by atoms with van der Waals surface area (Å²) in [6, 6.07) is 31.0. The SMILES string of the molecule is [2H]c1nc(Cl)c2nc([Si](C(C)C)(C(C)C)C(C)C)n([C@@H]3O[C@H](COC(c4ccccc4)(c4ccccc4)c4ccccc4)[C@H]4OC(C)(C)O[C@H]43)c2n1. The van der Waals surface area contributed by atoms with E-state index in [0.29, 0.717) is 27.8 Å². The molecule has 10 heteroatoms. The monoisotopic (exact) mass is 725 g/mol. The lowest BCUT2D eigenvalue weighted by molar-refractivity contribution is -0.204. The third kappa shape index (κ3) is 5.96. The Labute approximate surface area is 308 Å². The van der Waals surface area contributed by atoms with E-state index in [1.807, 2.05) is 68.4 Å².